The Morgan fingerprint density at radius 1 is 0.520 bits per heavy atom. The Morgan fingerprint density at radius 3 is 1.60 bits per heavy atom. The average Bonchev–Trinajstić information content (AvgIpc) is 2.55. The van der Waals surface area contributed by atoms with E-state index in [1.807, 2.05) is 0 Å². The molecule has 0 saturated carbocycles. The zero-order valence-corrected chi connectivity index (χ0v) is 12.5. The fourth-order valence-electron chi connectivity index (χ4n) is 2.70. The second kappa shape index (κ2) is 6.27. The van der Waals surface area contributed by atoms with E-state index in [1.165, 1.54) is 24.3 Å². The molecule has 0 saturated heterocycles. The summed E-state index contributed by atoms with van der Waals surface area (Å²) in [5, 5.41) is 0. The average molecular weight is 352 g/mol. The number of halogens is 6. The van der Waals surface area contributed by atoms with Crippen molar-refractivity contribution < 1.29 is 26.3 Å². The highest BCUT2D eigenvalue weighted by atomic mass is 19.4. The first-order valence-corrected chi connectivity index (χ1v) is 7.20. The molecule has 0 aromatic heterocycles. The van der Waals surface area contributed by atoms with E-state index in [4.69, 9.17) is 0 Å². The van der Waals surface area contributed by atoms with Crippen LogP contribution in [0.5, 0.6) is 0 Å². The Balaban J connectivity index is 2.37. The van der Waals surface area contributed by atoms with Crippen molar-refractivity contribution in [2.24, 2.45) is 0 Å². The Bertz CT molecular complexity index is 907. The molecule has 0 radical (unpaired) electrons. The minimum absolute atomic E-state index is 0.239. The second-order valence-electron chi connectivity index (χ2n) is 5.30. The second-order valence-corrected chi connectivity index (χ2v) is 5.30. The quantitative estimate of drug-likeness (QED) is 0.465. The van der Waals surface area contributed by atoms with Crippen molar-refractivity contribution in [3.63, 3.8) is 0 Å². The van der Waals surface area contributed by atoms with Crippen molar-refractivity contribution in [2.75, 3.05) is 0 Å². The van der Waals surface area contributed by atoms with Gasteiger partial charge in [0.1, 0.15) is 17.5 Å². The summed E-state index contributed by atoms with van der Waals surface area (Å²) in [6.45, 7) is 0. The van der Waals surface area contributed by atoms with Crippen LogP contribution in [0, 0.1) is 17.5 Å². The topological polar surface area (TPSA) is 0 Å². The molecule has 0 amide bonds. The predicted octanol–water partition coefficient (Wildman–Crippen LogP) is 6.46. The van der Waals surface area contributed by atoms with E-state index >= 15 is 0 Å². The fraction of sp³-hybridized carbons (Fsp3) is 0.0526. The molecule has 3 rings (SSSR count). The molecule has 0 fully saturated rings. The summed E-state index contributed by atoms with van der Waals surface area (Å²) in [7, 11) is 0. The van der Waals surface area contributed by atoms with Crippen LogP contribution in [-0.4, -0.2) is 0 Å². The zero-order valence-electron chi connectivity index (χ0n) is 12.5. The summed E-state index contributed by atoms with van der Waals surface area (Å²) < 4.78 is 82.5. The molecule has 0 N–H and O–H groups in total. The van der Waals surface area contributed by atoms with Gasteiger partial charge in [-0.1, -0.05) is 36.4 Å². The van der Waals surface area contributed by atoms with Crippen molar-refractivity contribution in [2.45, 2.75) is 6.18 Å². The molecule has 0 aliphatic carbocycles. The molecule has 0 bridgehead atoms. The third-order valence-corrected chi connectivity index (χ3v) is 3.75. The van der Waals surface area contributed by atoms with Gasteiger partial charge in [-0.2, -0.15) is 13.2 Å². The molecule has 0 aliphatic rings. The summed E-state index contributed by atoms with van der Waals surface area (Å²) in [5.41, 5.74) is -2.86. The number of rotatable bonds is 2. The lowest BCUT2D eigenvalue weighted by Gasteiger charge is -2.17. The zero-order chi connectivity index (χ0) is 18.2. The van der Waals surface area contributed by atoms with Crippen molar-refractivity contribution in [3.8, 4) is 22.3 Å². The van der Waals surface area contributed by atoms with E-state index in [9.17, 15) is 26.3 Å². The predicted molar refractivity (Wildman–Crippen MR) is 82.2 cm³/mol. The lowest BCUT2D eigenvalue weighted by Crippen LogP contribution is -2.07. The van der Waals surface area contributed by atoms with Gasteiger partial charge in [0, 0.05) is 5.56 Å². The third kappa shape index (κ3) is 3.12. The minimum atomic E-state index is -4.70. The molecule has 0 unspecified atom stereocenters. The first-order valence-electron chi connectivity index (χ1n) is 7.20. The molecule has 0 heterocycles. The highest BCUT2D eigenvalue weighted by Crippen LogP contribution is 2.42. The van der Waals surface area contributed by atoms with Crippen LogP contribution < -0.4 is 0 Å². The van der Waals surface area contributed by atoms with Gasteiger partial charge in [-0.05, 0) is 35.4 Å². The molecular weight excluding hydrogens is 342 g/mol. The number of hydrogen-bond acceptors (Lipinski definition) is 0. The Kier molecular flexibility index (Phi) is 4.29. The van der Waals surface area contributed by atoms with E-state index in [-0.39, 0.29) is 11.1 Å². The maximum absolute atomic E-state index is 14.4. The van der Waals surface area contributed by atoms with E-state index < -0.39 is 40.3 Å². The minimum Gasteiger partial charge on any atom is -0.206 e. The molecule has 0 nitrogen and oxygen atoms in total. The van der Waals surface area contributed by atoms with Gasteiger partial charge in [-0.3, -0.25) is 0 Å². The summed E-state index contributed by atoms with van der Waals surface area (Å²) in [5.74, 6) is -3.13. The van der Waals surface area contributed by atoms with Gasteiger partial charge in [0.05, 0.1) is 11.1 Å². The van der Waals surface area contributed by atoms with Crippen LogP contribution >= 0.6 is 0 Å². The van der Waals surface area contributed by atoms with E-state index in [0.29, 0.717) is 0 Å². The fourth-order valence-corrected chi connectivity index (χ4v) is 2.70. The van der Waals surface area contributed by atoms with Gasteiger partial charge in [0.25, 0.3) is 0 Å². The molecule has 25 heavy (non-hydrogen) atoms. The Labute approximate surface area is 139 Å². The number of benzene rings is 3. The summed E-state index contributed by atoms with van der Waals surface area (Å²) >= 11 is 0. The molecule has 3 aromatic rings. The third-order valence-electron chi connectivity index (χ3n) is 3.75. The molecule has 0 aliphatic heterocycles. The molecule has 128 valence electrons. The standard InChI is InChI=1S/C19H10F6/c20-14-8-3-6-12(11-5-1-2-7-13(11)19(23,24)25)17(14)18-15(21)9-4-10-16(18)22/h1-10H. The van der Waals surface area contributed by atoms with Crippen LogP contribution in [0.3, 0.4) is 0 Å². The van der Waals surface area contributed by atoms with Crippen LogP contribution in [-0.2, 0) is 6.18 Å². The van der Waals surface area contributed by atoms with Gasteiger partial charge in [0.15, 0.2) is 0 Å². The van der Waals surface area contributed by atoms with Gasteiger partial charge < -0.3 is 0 Å². The Morgan fingerprint density at radius 2 is 1.00 bits per heavy atom. The first kappa shape index (κ1) is 17.1. The first-order chi connectivity index (χ1) is 11.8. The smallest absolute Gasteiger partial charge is 0.206 e. The van der Waals surface area contributed by atoms with E-state index in [0.717, 1.165) is 36.4 Å². The maximum Gasteiger partial charge on any atom is 0.417 e. The summed E-state index contributed by atoms with van der Waals surface area (Å²) in [6.07, 6.45) is -4.70. The van der Waals surface area contributed by atoms with Gasteiger partial charge >= 0.3 is 6.18 Å². The van der Waals surface area contributed by atoms with Gasteiger partial charge in [0.2, 0.25) is 0 Å². The highest BCUT2D eigenvalue weighted by molar-refractivity contribution is 5.86. The molecule has 3 aromatic carbocycles. The Hall–Kier alpha value is -2.76. The largest absolute Gasteiger partial charge is 0.417 e. The van der Waals surface area contributed by atoms with Crippen molar-refractivity contribution in [3.05, 3.63) is 83.7 Å². The van der Waals surface area contributed by atoms with Gasteiger partial charge in [-0.15, -0.1) is 0 Å². The molecule has 0 spiro atoms. The highest BCUT2D eigenvalue weighted by Gasteiger charge is 2.34. The van der Waals surface area contributed by atoms with Gasteiger partial charge in [-0.25, -0.2) is 13.2 Å². The lowest BCUT2D eigenvalue weighted by molar-refractivity contribution is -0.137. The van der Waals surface area contributed by atoms with Crippen molar-refractivity contribution in [1.29, 1.82) is 0 Å². The van der Waals surface area contributed by atoms with Crippen molar-refractivity contribution in [1.82, 2.24) is 0 Å². The van der Waals surface area contributed by atoms with Crippen LogP contribution in [0.2, 0.25) is 0 Å². The molecular formula is C19H10F6. The van der Waals surface area contributed by atoms with Crippen molar-refractivity contribution >= 4 is 0 Å². The molecule has 0 atom stereocenters. The molecule has 6 heteroatoms. The van der Waals surface area contributed by atoms with E-state index in [1.54, 1.807) is 0 Å². The van der Waals surface area contributed by atoms with Crippen LogP contribution in [0.25, 0.3) is 22.3 Å². The number of hydrogen-bond donors (Lipinski definition) is 0. The summed E-state index contributed by atoms with van der Waals surface area (Å²) in [6, 6.07) is 10.8. The number of alkyl halides is 3. The normalized spacial score (nSPS) is 11.6. The maximum atomic E-state index is 14.4. The monoisotopic (exact) mass is 352 g/mol. The van der Waals surface area contributed by atoms with Crippen LogP contribution in [0.1, 0.15) is 5.56 Å². The van der Waals surface area contributed by atoms with Crippen LogP contribution in [0.15, 0.2) is 60.7 Å². The SMILES string of the molecule is Fc1cccc(F)c1-c1c(F)cccc1-c1ccccc1C(F)(F)F. The summed E-state index contributed by atoms with van der Waals surface area (Å²) in [4.78, 5) is 0. The van der Waals surface area contributed by atoms with Crippen LogP contribution in [0.4, 0.5) is 26.3 Å². The van der Waals surface area contributed by atoms with E-state index in [2.05, 4.69) is 0 Å². The lowest BCUT2D eigenvalue weighted by atomic mass is 9.90.